The molecule has 0 bridgehead atoms. The minimum absolute atomic E-state index is 0.00513. The van der Waals surface area contributed by atoms with Crippen LogP contribution in [-0.2, 0) is 4.79 Å². The van der Waals surface area contributed by atoms with Crippen molar-refractivity contribution in [1.29, 1.82) is 0 Å². The van der Waals surface area contributed by atoms with Crippen LogP contribution in [-0.4, -0.2) is 21.9 Å². The summed E-state index contributed by atoms with van der Waals surface area (Å²) in [5, 5.41) is 13.0. The van der Waals surface area contributed by atoms with Crippen LogP contribution in [0.25, 0.3) is 11.7 Å². The van der Waals surface area contributed by atoms with Crippen LogP contribution in [0.1, 0.15) is 17.8 Å². The first-order chi connectivity index (χ1) is 10.7. The SMILES string of the molecule is C[C@H](NC(=O)CSc1nnc(-c2ccco2)o1)c1cccs1. The van der Waals surface area contributed by atoms with Gasteiger partial charge in [-0.2, -0.15) is 0 Å². The van der Waals surface area contributed by atoms with Crippen LogP contribution in [0.2, 0.25) is 0 Å². The second-order valence-corrected chi connectivity index (χ2v) is 6.35. The summed E-state index contributed by atoms with van der Waals surface area (Å²) in [6, 6.07) is 7.43. The van der Waals surface area contributed by atoms with E-state index in [2.05, 4.69) is 15.5 Å². The summed E-state index contributed by atoms with van der Waals surface area (Å²) in [6.45, 7) is 1.95. The van der Waals surface area contributed by atoms with Crippen molar-refractivity contribution in [3.8, 4) is 11.7 Å². The molecule has 3 rings (SSSR count). The number of aromatic nitrogens is 2. The maximum Gasteiger partial charge on any atom is 0.284 e. The molecule has 0 radical (unpaired) electrons. The fraction of sp³-hybridized carbons (Fsp3) is 0.214. The van der Waals surface area contributed by atoms with Crippen LogP contribution < -0.4 is 5.32 Å². The second kappa shape index (κ2) is 6.80. The number of carbonyl (C=O) groups is 1. The van der Waals surface area contributed by atoms with E-state index in [0.717, 1.165) is 4.88 Å². The molecule has 0 aliphatic rings. The molecule has 1 amide bonds. The van der Waals surface area contributed by atoms with E-state index in [1.807, 2.05) is 24.4 Å². The standard InChI is InChI=1S/C14H13N3O3S2/c1-9(11-5-3-7-21-11)15-12(18)8-22-14-17-16-13(20-14)10-4-2-6-19-10/h2-7,9H,8H2,1H3,(H,15,18)/t9-/m0/s1. The number of rotatable bonds is 6. The van der Waals surface area contributed by atoms with E-state index in [4.69, 9.17) is 8.83 Å². The van der Waals surface area contributed by atoms with Gasteiger partial charge in [-0.05, 0) is 30.5 Å². The topological polar surface area (TPSA) is 81.2 Å². The van der Waals surface area contributed by atoms with Gasteiger partial charge in [0.1, 0.15) is 0 Å². The molecule has 6 nitrogen and oxygen atoms in total. The Labute approximate surface area is 134 Å². The molecule has 0 saturated heterocycles. The van der Waals surface area contributed by atoms with Crippen LogP contribution in [0.15, 0.2) is 50.0 Å². The molecule has 0 aliphatic heterocycles. The average molecular weight is 335 g/mol. The Morgan fingerprint density at radius 2 is 2.32 bits per heavy atom. The van der Waals surface area contributed by atoms with Gasteiger partial charge in [0, 0.05) is 4.88 Å². The Hall–Kier alpha value is -2.06. The fourth-order valence-corrected chi connectivity index (χ4v) is 3.10. The van der Waals surface area contributed by atoms with Crippen LogP contribution in [0, 0.1) is 0 Å². The number of amides is 1. The third-order valence-electron chi connectivity index (χ3n) is 2.81. The second-order valence-electron chi connectivity index (χ2n) is 4.44. The van der Waals surface area contributed by atoms with Crippen LogP contribution in [0.3, 0.4) is 0 Å². The van der Waals surface area contributed by atoms with Gasteiger partial charge in [-0.1, -0.05) is 17.8 Å². The van der Waals surface area contributed by atoms with Crippen molar-refractivity contribution in [2.24, 2.45) is 0 Å². The highest BCUT2D eigenvalue weighted by Crippen LogP contribution is 2.23. The van der Waals surface area contributed by atoms with Crippen molar-refractivity contribution in [1.82, 2.24) is 15.5 Å². The quantitative estimate of drug-likeness (QED) is 0.696. The normalized spacial score (nSPS) is 12.2. The molecular formula is C14H13N3O3S2. The number of thiophene rings is 1. The molecule has 22 heavy (non-hydrogen) atoms. The largest absolute Gasteiger partial charge is 0.459 e. The lowest BCUT2D eigenvalue weighted by atomic mass is 10.3. The van der Waals surface area contributed by atoms with Gasteiger partial charge in [-0.3, -0.25) is 4.79 Å². The number of hydrogen-bond acceptors (Lipinski definition) is 7. The zero-order valence-electron chi connectivity index (χ0n) is 11.7. The maximum absolute atomic E-state index is 11.9. The summed E-state index contributed by atoms with van der Waals surface area (Å²) in [7, 11) is 0. The van der Waals surface area contributed by atoms with Crippen molar-refractivity contribution >= 4 is 29.0 Å². The highest BCUT2D eigenvalue weighted by Gasteiger charge is 2.14. The lowest BCUT2D eigenvalue weighted by Gasteiger charge is -2.11. The van der Waals surface area contributed by atoms with Crippen LogP contribution in [0.4, 0.5) is 0 Å². The first-order valence-corrected chi connectivity index (χ1v) is 8.42. The van der Waals surface area contributed by atoms with Crippen molar-refractivity contribution in [2.75, 3.05) is 5.75 Å². The summed E-state index contributed by atoms with van der Waals surface area (Å²) in [5.74, 6) is 0.953. The Kier molecular flexibility index (Phi) is 4.59. The third kappa shape index (κ3) is 3.58. The van der Waals surface area contributed by atoms with Gasteiger partial charge in [-0.25, -0.2) is 0 Å². The van der Waals surface area contributed by atoms with E-state index in [0.29, 0.717) is 16.9 Å². The Morgan fingerprint density at radius 1 is 1.41 bits per heavy atom. The maximum atomic E-state index is 11.9. The minimum Gasteiger partial charge on any atom is -0.459 e. The molecule has 8 heteroatoms. The number of carbonyl (C=O) groups excluding carboxylic acids is 1. The molecule has 0 spiro atoms. The molecule has 114 valence electrons. The molecule has 3 aromatic heterocycles. The molecule has 0 unspecified atom stereocenters. The number of hydrogen-bond donors (Lipinski definition) is 1. The van der Waals surface area contributed by atoms with Crippen molar-refractivity contribution in [2.45, 2.75) is 18.2 Å². The summed E-state index contributed by atoms with van der Waals surface area (Å²) in [4.78, 5) is 13.0. The molecule has 3 aromatic rings. The molecule has 1 N–H and O–H groups in total. The number of nitrogens with one attached hydrogen (secondary N) is 1. The van der Waals surface area contributed by atoms with Gasteiger partial charge in [0.25, 0.3) is 11.1 Å². The zero-order chi connectivity index (χ0) is 15.4. The molecule has 0 aliphatic carbocycles. The van der Waals surface area contributed by atoms with Gasteiger partial charge < -0.3 is 14.2 Å². The summed E-state index contributed by atoms with van der Waals surface area (Å²) in [6.07, 6.45) is 1.53. The lowest BCUT2D eigenvalue weighted by molar-refractivity contribution is -0.119. The predicted molar refractivity (Wildman–Crippen MR) is 83.6 cm³/mol. The Bertz CT molecular complexity index is 722. The Morgan fingerprint density at radius 3 is 3.05 bits per heavy atom. The highest BCUT2D eigenvalue weighted by atomic mass is 32.2. The van der Waals surface area contributed by atoms with E-state index < -0.39 is 0 Å². The van der Waals surface area contributed by atoms with E-state index in [1.165, 1.54) is 18.0 Å². The van der Waals surface area contributed by atoms with Gasteiger partial charge in [0.15, 0.2) is 5.76 Å². The van der Waals surface area contributed by atoms with E-state index in [-0.39, 0.29) is 17.7 Å². The summed E-state index contributed by atoms with van der Waals surface area (Å²) < 4.78 is 10.6. The molecule has 0 aromatic carbocycles. The van der Waals surface area contributed by atoms with Crippen LogP contribution >= 0.6 is 23.1 Å². The first-order valence-electron chi connectivity index (χ1n) is 6.55. The molecule has 0 saturated carbocycles. The minimum atomic E-state index is -0.0800. The lowest BCUT2D eigenvalue weighted by Crippen LogP contribution is -2.27. The zero-order valence-corrected chi connectivity index (χ0v) is 13.3. The van der Waals surface area contributed by atoms with Crippen molar-refractivity contribution in [3.05, 3.63) is 40.8 Å². The average Bonchev–Trinajstić information content (AvgIpc) is 3.25. The van der Waals surface area contributed by atoms with Gasteiger partial charge in [0.05, 0.1) is 18.1 Å². The van der Waals surface area contributed by atoms with Gasteiger partial charge >= 0.3 is 0 Å². The van der Waals surface area contributed by atoms with Crippen molar-refractivity contribution in [3.63, 3.8) is 0 Å². The number of nitrogens with zero attached hydrogens (tertiary/aromatic N) is 2. The molecule has 1 atom stereocenters. The van der Waals surface area contributed by atoms with E-state index >= 15 is 0 Å². The fourth-order valence-electron chi connectivity index (χ4n) is 1.79. The summed E-state index contributed by atoms with van der Waals surface area (Å²) in [5.41, 5.74) is 0. The predicted octanol–water partition coefficient (Wildman–Crippen LogP) is 3.36. The number of thioether (sulfide) groups is 1. The van der Waals surface area contributed by atoms with Crippen LogP contribution in [0.5, 0.6) is 0 Å². The van der Waals surface area contributed by atoms with Gasteiger partial charge in [0.2, 0.25) is 5.91 Å². The molecule has 3 heterocycles. The van der Waals surface area contributed by atoms with E-state index in [1.54, 1.807) is 23.5 Å². The first kappa shape index (κ1) is 14.9. The Balaban J connectivity index is 1.51. The molecule has 0 fully saturated rings. The highest BCUT2D eigenvalue weighted by molar-refractivity contribution is 7.99. The smallest absolute Gasteiger partial charge is 0.284 e. The monoisotopic (exact) mass is 335 g/mol. The summed E-state index contributed by atoms with van der Waals surface area (Å²) >= 11 is 2.81. The van der Waals surface area contributed by atoms with Gasteiger partial charge in [-0.15, -0.1) is 21.5 Å². The van der Waals surface area contributed by atoms with Crippen molar-refractivity contribution < 1.29 is 13.6 Å². The number of furan rings is 1. The van der Waals surface area contributed by atoms with E-state index in [9.17, 15) is 4.79 Å². The third-order valence-corrected chi connectivity index (χ3v) is 4.69. The molecular weight excluding hydrogens is 322 g/mol.